The van der Waals surface area contributed by atoms with Crippen LogP contribution in [0.3, 0.4) is 0 Å². The second-order valence-electron chi connectivity index (χ2n) is 4.35. The van der Waals surface area contributed by atoms with Crippen LogP contribution in [0.4, 0.5) is 13.2 Å². The highest BCUT2D eigenvalue weighted by Crippen LogP contribution is 2.32. The molecule has 0 N–H and O–H groups in total. The first-order valence-corrected chi connectivity index (χ1v) is 6.20. The lowest BCUT2D eigenvalue weighted by Crippen LogP contribution is -2.17. The van der Waals surface area contributed by atoms with E-state index in [0.29, 0.717) is 30.3 Å². The number of halogens is 3. The molecule has 0 amide bonds. The lowest BCUT2D eigenvalue weighted by Gasteiger charge is -2.09. The summed E-state index contributed by atoms with van der Waals surface area (Å²) in [5.41, 5.74) is 0.473. The maximum absolute atomic E-state index is 12.2. The third-order valence-corrected chi connectivity index (χ3v) is 2.83. The Hall–Kier alpha value is -1.99. The third kappa shape index (κ3) is 3.37. The van der Waals surface area contributed by atoms with Crippen molar-refractivity contribution in [2.75, 3.05) is 13.2 Å². The Bertz CT molecular complexity index is 615. The Morgan fingerprint density at radius 1 is 1.05 bits per heavy atom. The van der Waals surface area contributed by atoms with Gasteiger partial charge in [-0.3, -0.25) is 0 Å². The quantitative estimate of drug-likeness (QED) is 0.862. The molecule has 2 heterocycles. The molecule has 0 unspecified atom stereocenters. The van der Waals surface area contributed by atoms with Crippen molar-refractivity contribution in [3.8, 4) is 17.1 Å². The summed E-state index contributed by atoms with van der Waals surface area (Å²) in [6.07, 6.45) is -5.29. The molecule has 1 aliphatic heterocycles. The van der Waals surface area contributed by atoms with Gasteiger partial charge < -0.3 is 18.6 Å². The van der Waals surface area contributed by atoms with Gasteiger partial charge in [0.05, 0.1) is 13.2 Å². The van der Waals surface area contributed by atoms with Crippen molar-refractivity contribution in [3.63, 3.8) is 0 Å². The molecule has 0 aliphatic carbocycles. The molecule has 1 aromatic heterocycles. The molecule has 0 bridgehead atoms. The Labute approximate surface area is 118 Å². The second kappa shape index (κ2) is 5.42. The molecule has 4 nitrogen and oxygen atoms in total. The van der Waals surface area contributed by atoms with Crippen LogP contribution in [-0.4, -0.2) is 19.6 Å². The Kier molecular flexibility index (Phi) is 3.60. The van der Waals surface area contributed by atoms with Gasteiger partial charge in [0.2, 0.25) is 6.29 Å². The zero-order chi connectivity index (χ0) is 14.9. The Morgan fingerprint density at radius 2 is 1.81 bits per heavy atom. The van der Waals surface area contributed by atoms with Crippen molar-refractivity contribution >= 4 is 0 Å². The summed E-state index contributed by atoms with van der Waals surface area (Å²) in [6, 6.07) is 8.88. The van der Waals surface area contributed by atoms with Gasteiger partial charge >= 0.3 is 6.36 Å². The maximum atomic E-state index is 12.2. The molecular weight excluding hydrogens is 289 g/mol. The SMILES string of the molecule is FC(F)(F)Oc1cccc(-c2ccc(C3OCCO3)o2)c1. The molecule has 1 aromatic carbocycles. The molecule has 112 valence electrons. The average Bonchev–Trinajstić information content (AvgIpc) is 3.08. The number of alkyl halides is 3. The zero-order valence-corrected chi connectivity index (χ0v) is 10.7. The van der Waals surface area contributed by atoms with Crippen LogP contribution in [-0.2, 0) is 9.47 Å². The van der Waals surface area contributed by atoms with E-state index >= 15 is 0 Å². The highest BCUT2D eigenvalue weighted by atomic mass is 19.4. The Balaban J connectivity index is 1.81. The van der Waals surface area contributed by atoms with Crippen LogP contribution in [0.1, 0.15) is 12.1 Å². The summed E-state index contributed by atoms with van der Waals surface area (Å²) in [4.78, 5) is 0. The normalized spacial score (nSPS) is 16.3. The number of rotatable bonds is 3. The number of benzene rings is 1. The smallest absolute Gasteiger partial charge is 0.456 e. The molecular formula is C14H11F3O4. The van der Waals surface area contributed by atoms with E-state index in [1.807, 2.05) is 0 Å². The molecule has 0 radical (unpaired) electrons. The number of furan rings is 1. The predicted molar refractivity (Wildman–Crippen MR) is 65.5 cm³/mol. The van der Waals surface area contributed by atoms with Crippen molar-refractivity contribution in [3.05, 3.63) is 42.2 Å². The van der Waals surface area contributed by atoms with Gasteiger partial charge in [-0.25, -0.2) is 0 Å². The molecule has 21 heavy (non-hydrogen) atoms. The molecule has 3 rings (SSSR count). The van der Waals surface area contributed by atoms with Crippen LogP contribution in [0.5, 0.6) is 5.75 Å². The molecule has 2 aromatic rings. The van der Waals surface area contributed by atoms with E-state index in [2.05, 4.69) is 4.74 Å². The summed E-state index contributed by atoms with van der Waals surface area (Å²) < 4.78 is 56.6. The minimum absolute atomic E-state index is 0.300. The van der Waals surface area contributed by atoms with Gasteiger partial charge in [0.15, 0.2) is 5.76 Å². The van der Waals surface area contributed by atoms with Crippen LogP contribution in [0.25, 0.3) is 11.3 Å². The monoisotopic (exact) mass is 300 g/mol. The lowest BCUT2D eigenvalue weighted by atomic mass is 10.1. The predicted octanol–water partition coefficient (Wildman–Crippen LogP) is 3.89. The van der Waals surface area contributed by atoms with Crippen molar-refractivity contribution < 1.29 is 31.8 Å². The average molecular weight is 300 g/mol. The van der Waals surface area contributed by atoms with Crippen molar-refractivity contribution in [2.24, 2.45) is 0 Å². The first kappa shape index (κ1) is 14.0. The van der Waals surface area contributed by atoms with E-state index < -0.39 is 12.7 Å². The van der Waals surface area contributed by atoms with Gasteiger partial charge in [0.25, 0.3) is 0 Å². The van der Waals surface area contributed by atoms with Crippen LogP contribution in [0, 0.1) is 0 Å². The summed E-state index contributed by atoms with van der Waals surface area (Å²) in [6.45, 7) is 0.964. The number of hydrogen-bond acceptors (Lipinski definition) is 4. The third-order valence-electron chi connectivity index (χ3n) is 2.83. The fraction of sp³-hybridized carbons (Fsp3) is 0.286. The fourth-order valence-corrected chi connectivity index (χ4v) is 2.00. The first-order chi connectivity index (χ1) is 10.0. The fourth-order valence-electron chi connectivity index (χ4n) is 2.00. The molecule has 0 saturated carbocycles. The van der Waals surface area contributed by atoms with E-state index in [1.54, 1.807) is 18.2 Å². The van der Waals surface area contributed by atoms with Gasteiger partial charge in [-0.1, -0.05) is 12.1 Å². The molecule has 1 fully saturated rings. The maximum Gasteiger partial charge on any atom is 0.573 e. The summed E-state index contributed by atoms with van der Waals surface area (Å²) in [7, 11) is 0. The van der Waals surface area contributed by atoms with Crippen LogP contribution >= 0.6 is 0 Å². The van der Waals surface area contributed by atoms with E-state index in [4.69, 9.17) is 13.9 Å². The van der Waals surface area contributed by atoms with Crippen molar-refractivity contribution in [1.29, 1.82) is 0 Å². The zero-order valence-electron chi connectivity index (χ0n) is 10.7. The number of ether oxygens (including phenoxy) is 3. The minimum atomic E-state index is -4.72. The van der Waals surface area contributed by atoms with Crippen LogP contribution in [0.2, 0.25) is 0 Å². The molecule has 7 heteroatoms. The Morgan fingerprint density at radius 3 is 2.52 bits per heavy atom. The topological polar surface area (TPSA) is 40.8 Å². The largest absolute Gasteiger partial charge is 0.573 e. The van der Waals surface area contributed by atoms with Crippen LogP contribution in [0.15, 0.2) is 40.8 Å². The van der Waals surface area contributed by atoms with Gasteiger partial charge in [-0.05, 0) is 24.3 Å². The summed E-state index contributed by atoms with van der Waals surface area (Å²) in [5.74, 6) is 0.590. The molecule has 0 spiro atoms. The van der Waals surface area contributed by atoms with E-state index in [9.17, 15) is 13.2 Å². The second-order valence-corrected chi connectivity index (χ2v) is 4.35. The van der Waals surface area contributed by atoms with Gasteiger partial charge in [0, 0.05) is 5.56 Å². The standard InChI is InChI=1S/C14H11F3O4/c15-14(16,17)21-10-3-1-2-9(8-10)11-4-5-12(20-11)13-18-6-7-19-13/h1-5,8,13H,6-7H2. The highest BCUT2D eigenvalue weighted by Gasteiger charge is 2.31. The molecule has 1 saturated heterocycles. The molecule has 1 aliphatic rings. The van der Waals surface area contributed by atoms with Crippen molar-refractivity contribution in [1.82, 2.24) is 0 Å². The minimum Gasteiger partial charge on any atom is -0.456 e. The van der Waals surface area contributed by atoms with Crippen molar-refractivity contribution in [2.45, 2.75) is 12.7 Å². The first-order valence-electron chi connectivity index (χ1n) is 6.20. The van der Waals surface area contributed by atoms with E-state index in [-0.39, 0.29) is 5.75 Å². The highest BCUT2D eigenvalue weighted by molar-refractivity contribution is 5.59. The number of hydrogen-bond donors (Lipinski definition) is 0. The van der Waals surface area contributed by atoms with E-state index in [1.165, 1.54) is 18.2 Å². The van der Waals surface area contributed by atoms with Gasteiger partial charge in [0.1, 0.15) is 11.5 Å². The lowest BCUT2D eigenvalue weighted by molar-refractivity contribution is -0.274. The van der Waals surface area contributed by atoms with Gasteiger partial charge in [-0.15, -0.1) is 13.2 Å². The summed E-state index contributed by atoms with van der Waals surface area (Å²) in [5, 5.41) is 0. The summed E-state index contributed by atoms with van der Waals surface area (Å²) >= 11 is 0. The molecule has 0 atom stereocenters. The van der Waals surface area contributed by atoms with Gasteiger partial charge in [-0.2, -0.15) is 0 Å². The van der Waals surface area contributed by atoms with E-state index in [0.717, 1.165) is 0 Å². The van der Waals surface area contributed by atoms with Crippen LogP contribution < -0.4 is 4.74 Å².